The molecule has 6 nitrogen and oxygen atoms in total. The first kappa shape index (κ1) is 17.8. The Kier molecular flexibility index (Phi) is 5.70. The Hall–Kier alpha value is -3.06. The van der Waals surface area contributed by atoms with Crippen molar-refractivity contribution in [1.82, 2.24) is 9.97 Å². The van der Waals surface area contributed by atoms with E-state index in [1.807, 2.05) is 55.5 Å². The molecule has 0 aliphatic carbocycles. The van der Waals surface area contributed by atoms with Gasteiger partial charge in [0.2, 0.25) is 0 Å². The molecule has 0 radical (unpaired) electrons. The predicted octanol–water partition coefficient (Wildman–Crippen LogP) is 4.17. The molecule has 7 heteroatoms. The Morgan fingerprint density at radius 2 is 1.85 bits per heavy atom. The lowest BCUT2D eigenvalue weighted by atomic mass is 10.3. The highest BCUT2D eigenvalue weighted by atomic mass is 32.2. The first-order valence-electron chi connectivity index (χ1n) is 7.91. The SMILES string of the molecule is COc1ccc(NSc2cccc(NC(=O)c3cnc(C)cn3)c2)cc1. The number of hydrogen-bond acceptors (Lipinski definition) is 6. The second-order valence-electron chi connectivity index (χ2n) is 5.46. The van der Waals surface area contributed by atoms with Crippen LogP contribution in [0.15, 0.2) is 65.8 Å². The molecule has 0 aliphatic heterocycles. The van der Waals surface area contributed by atoms with E-state index in [9.17, 15) is 4.79 Å². The van der Waals surface area contributed by atoms with Gasteiger partial charge in [0.15, 0.2) is 0 Å². The molecular formula is C19H18N4O2S. The van der Waals surface area contributed by atoms with Crippen molar-refractivity contribution in [2.24, 2.45) is 0 Å². The number of amides is 1. The van der Waals surface area contributed by atoms with Gasteiger partial charge in [0.05, 0.1) is 19.0 Å². The van der Waals surface area contributed by atoms with Gasteiger partial charge in [-0.2, -0.15) is 0 Å². The van der Waals surface area contributed by atoms with E-state index >= 15 is 0 Å². The van der Waals surface area contributed by atoms with Gasteiger partial charge in [0, 0.05) is 22.5 Å². The van der Waals surface area contributed by atoms with Gasteiger partial charge in [-0.3, -0.25) is 9.78 Å². The number of carbonyl (C=O) groups is 1. The van der Waals surface area contributed by atoms with Crippen LogP contribution in [-0.4, -0.2) is 23.0 Å². The maximum absolute atomic E-state index is 12.2. The minimum Gasteiger partial charge on any atom is -0.497 e. The number of hydrogen-bond donors (Lipinski definition) is 2. The van der Waals surface area contributed by atoms with Crippen LogP contribution in [0.4, 0.5) is 11.4 Å². The number of methoxy groups -OCH3 is 1. The van der Waals surface area contributed by atoms with Crippen molar-refractivity contribution in [3.63, 3.8) is 0 Å². The number of aryl methyl sites for hydroxylation is 1. The second-order valence-corrected chi connectivity index (χ2v) is 6.34. The molecular weight excluding hydrogens is 348 g/mol. The van der Waals surface area contributed by atoms with E-state index in [4.69, 9.17) is 4.74 Å². The van der Waals surface area contributed by atoms with Crippen LogP contribution in [0.1, 0.15) is 16.2 Å². The Bertz CT molecular complexity index is 883. The van der Waals surface area contributed by atoms with Crippen molar-refractivity contribution in [3.8, 4) is 5.75 Å². The fraction of sp³-hybridized carbons (Fsp3) is 0.105. The predicted molar refractivity (Wildman–Crippen MR) is 104 cm³/mol. The molecule has 132 valence electrons. The first-order chi connectivity index (χ1) is 12.6. The molecule has 0 saturated heterocycles. The number of carbonyl (C=O) groups excluding carboxylic acids is 1. The highest BCUT2D eigenvalue weighted by Gasteiger charge is 2.08. The monoisotopic (exact) mass is 366 g/mol. The third kappa shape index (κ3) is 4.73. The molecule has 0 unspecified atom stereocenters. The molecule has 1 amide bonds. The summed E-state index contributed by atoms with van der Waals surface area (Å²) in [6, 6.07) is 15.2. The molecule has 26 heavy (non-hydrogen) atoms. The molecule has 2 N–H and O–H groups in total. The summed E-state index contributed by atoms with van der Waals surface area (Å²) in [5, 5.41) is 2.83. The number of rotatable bonds is 6. The van der Waals surface area contributed by atoms with E-state index in [-0.39, 0.29) is 11.6 Å². The Morgan fingerprint density at radius 1 is 1.04 bits per heavy atom. The number of ether oxygens (including phenoxy) is 1. The minimum absolute atomic E-state index is 0.282. The number of nitrogens with one attached hydrogen (secondary N) is 2. The first-order valence-corrected chi connectivity index (χ1v) is 8.72. The summed E-state index contributed by atoms with van der Waals surface area (Å²) in [6.07, 6.45) is 3.04. The summed E-state index contributed by atoms with van der Waals surface area (Å²) in [5.74, 6) is 0.521. The van der Waals surface area contributed by atoms with E-state index < -0.39 is 0 Å². The zero-order chi connectivity index (χ0) is 18.4. The van der Waals surface area contributed by atoms with Crippen LogP contribution in [0.5, 0.6) is 5.75 Å². The van der Waals surface area contributed by atoms with Crippen LogP contribution in [-0.2, 0) is 0 Å². The maximum Gasteiger partial charge on any atom is 0.275 e. The highest BCUT2D eigenvalue weighted by molar-refractivity contribution is 8.00. The lowest BCUT2D eigenvalue weighted by molar-refractivity contribution is 0.102. The van der Waals surface area contributed by atoms with Crippen LogP contribution in [0.2, 0.25) is 0 Å². The van der Waals surface area contributed by atoms with E-state index in [1.165, 1.54) is 18.1 Å². The molecule has 3 aromatic rings. The normalized spacial score (nSPS) is 10.2. The number of aromatic nitrogens is 2. The Balaban J connectivity index is 1.62. The third-order valence-corrected chi connectivity index (χ3v) is 4.31. The average molecular weight is 366 g/mol. The zero-order valence-electron chi connectivity index (χ0n) is 14.4. The smallest absolute Gasteiger partial charge is 0.275 e. The molecule has 0 aliphatic rings. The average Bonchev–Trinajstić information content (AvgIpc) is 2.67. The van der Waals surface area contributed by atoms with Crippen molar-refractivity contribution < 1.29 is 9.53 Å². The fourth-order valence-electron chi connectivity index (χ4n) is 2.12. The second kappa shape index (κ2) is 8.35. The van der Waals surface area contributed by atoms with Crippen LogP contribution in [0, 0.1) is 6.92 Å². The van der Waals surface area contributed by atoms with Gasteiger partial charge in [-0.05, 0) is 61.3 Å². The quantitative estimate of drug-likeness (QED) is 0.638. The summed E-state index contributed by atoms with van der Waals surface area (Å²) >= 11 is 1.46. The maximum atomic E-state index is 12.2. The molecule has 3 rings (SSSR count). The molecule has 0 bridgehead atoms. The van der Waals surface area contributed by atoms with Gasteiger partial charge in [-0.1, -0.05) is 6.07 Å². The largest absolute Gasteiger partial charge is 0.497 e. The summed E-state index contributed by atoms with van der Waals surface area (Å²) in [7, 11) is 1.64. The highest BCUT2D eigenvalue weighted by Crippen LogP contribution is 2.25. The zero-order valence-corrected chi connectivity index (χ0v) is 15.2. The molecule has 2 aromatic carbocycles. The Labute approximate surface area is 156 Å². The van der Waals surface area contributed by atoms with E-state index in [0.717, 1.165) is 22.0 Å². The van der Waals surface area contributed by atoms with Gasteiger partial charge in [0.1, 0.15) is 11.4 Å². The van der Waals surface area contributed by atoms with Crippen molar-refractivity contribution in [3.05, 3.63) is 72.3 Å². The molecule has 1 heterocycles. The Morgan fingerprint density at radius 3 is 2.54 bits per heavy atom. The summed E-state index contributed by atoms with van der Waals surface area (Å²) < 4.78 is 8.40. The molecule has 0 fully saturated rings. The summed E-state index contributed by atoms with van der Waals surface area (Å²) in [4.78, 5) is 21.4. The third-order valence-electron chi connectivity index (χ3n) is 3.48. The van der Waals surface area contributed by atoms with Crippen molar-refractivity contribution in [2.45, 2.75) is 11.8 Å². The summed E-state index contributed by atoms with van der Waals surface area (Å²) in [5.41, 5.74) is 2.70. The molecule has 0 atom stereocenters. The van der Waals surface area contributed by atoms with Crippen molar-refractivity contribution in [2.75, 3.05) is 17.1 Å². The van der Waals surface area contributed by atoms with Gasteiger partial charge < -0.3 is 14.8 Å². The van der Waals surface area contributed by atoms with Gasteiger partial charge in [0.25, 0.3) is 5.91 Å². The molecule has 0 saturated carbocycles. The van der Waals surface area contributed by atoms with Crippen LogP contribution >= 0.6 is 11.9 Å². The number of nitrogens with zero attached hydrogens (tertiary/aromatic N) is 2. The van der Waals surface area contributed by atoms with Crippen LogP contribution in [0.25, 0.3) is 0 Å². The van der Waals surface area contributed by atoms with Gasteiger partial charge in [-0.15, -0.1) is 0 Å². The van der Waals surface area contributed by atoms with Gasteiger partial charge in [-0.25, -0.2) is 4.98 Å². The minimum atomic E-state index is -0.289. The molecule has 1 aromatic heterocycles. The standard InChI is InChI=1S/C19H18N4O2S/c1-13-11-21-18(12-20-13)19(24)22-15-4-3-5-17(10-15)26-23-14-6-8-16(25-2)9-7-14/h3-12,23H,1-2H3,(H,22,24). The van der Waals surface area contributed by atoms with Crippen LogP contribution in [0.3, 0.4) is 0 Å². The topological polar surface area (TPSA) is 76.1 Å². The number of anilines is 2. The van der Waals surface area contributed by atoms with E-state index in [0.29, 0.717) is 5.69 Å². The van der Waals surface area contributed by atoms with E-state index in [2.05, 4.69) is 20.0 Å². The number of benzene rings is 2. The lowest BCUT2D eigenvalue weighted by Gasteiger charge is -2.09. The van der Waals surface area contributed by atoms with E-state index in [1.54, 1.807) is 13.3 Å². The van der Waals surface area contributed by atoms with Crippen molar-refractivity contribution >= 4 is 29.2 Å². The van der Waals surface area contributed by atoms with Crippen molar-refractivity contribution in [1.29, 1.82) is 0 Å². The lowest BCUT2D eigenvalue weighted by Crippen LogP contribution is -2.14. The molecule has 0 spiro atoms. The fourth-order valence-corrected chi connectivity index (χ4v) is 2.82. The van der Waals surface area contributed by atoms with Gasteiger partial charge >= 0.3 is 0 Å². The van der Waals surface area contributed by atoms with Crippen LogP contribution < -0.4 is 14.8 Å². The summed E-state index contributed by atoms with van der Waals surface area (Å²) in [6.45, 7) is 1.82.